The molecule has 0 amide bonds. The molecular weight excluding hydrogens is 234 g/mol. The minimum atomic E-state index is -0.439. The zero-order chi connectivity index (χ0) is 13.1. The molecule has 1 aliphatic carbocycles. The van der Waals surface area contributed by atoms with Gasteiger partial charge < -0.3 is 15.8 Å². The van der Waals surface area contributed by atoms with Crippen molar-refractivity contribution >= 4 is 17.1 Å². The second kappa shape index (κ2) is 5.22. The number of hydrogen-bond donors (Lipinski definition) is 2. The fourth-order valence-corrected chi connectivity index (χ4v) is 2.11. The Kier molecular flexibility index (Phi) is 3.66. The molecule has 1 aromatic rings. The third-order valence-electron chi connectivity index (χ3n) is 3.02. The number of nitrogens with zero attached hydrogens (tertiary/aromatic N) is 1. The van der Waals surface area contributed by atoms with Crippen LogP contribution in [0.5, 0.6) is 0 Å². The van der Waals surface area contributed by atoms with Gasteiger partial charge in [-0.15, -0.1) is 0 Å². The van der Waals surface area contributed by atoms with E-state index in [2.05, 4.69) is 5.32 Å². The summed E-state index contributed by atoms with van der Waals surface area (Å²) < 4.78 is 5.46. The lowest BCUT2D eigenvalue weighted by Gasteiger charge is -2.36. The quantitative estimate of drug-likeness (QED) is 0.475. The molecule has 3 N–H and O–H groups in total. The first-order chi connectivity index (χ1) is 8.58. The molecule has 1 saturated carbocycles. The summed E-state index contributed by atoms with van der Waals surface area (Å²) in [5.41, 5.74) is 6.74. The Morgan fingerprint density at radius 1 is 1.50 bits per heavy atom. The van der Waals surface area contributed by atoms with Crippen molar-refractivity contribution in [2.75, 3.05) is 17.7 Å². The van der Waals surface area contributed by atoms with Gasteiger partial charge >= 0.3 is 0 Å². The number of nitrogen functional groups attached to an aromatic ring is 1. The predicted octanol–water partition coefficient (Wildman–Crippen LogP) is 2.16. The van der Waals surface area contributed by atoms with Crippen molar-refractivity contribution in [1.82, 2.24) is 0 Å². The minimum Gasteiger partial charge on any atom is -0.398 e. The Morgan fingerprint density at radius 2 is 2.22 bits per heavy atom. The Labute approximate surface area is 105 Å². The van der Waals surface area contributed by atoms with Crippen molar-refractivity contribution in [1.29, 1.82) is 0 Å². The topological polar surface area (TPSA) is 90.4 Å². The molecule has 2 rings (SSSR count). The Bertz CT molecular complexity index is 444. The van der Waals surface area contributed by atoms with Crippen molar-refractivity contribution in [2.24, 2.45) is 0 Å². The molecule has 0 aromatic heterocycles. The van der Waals surface area contributed by atoms with Crippen molar-refractivity contribution in [3.63, 3.8) is 0 Å². The number of non-ortho nitro benzene ring substituents is 1. The van der Waals surface area contributed by atoms with Gasteiger partial charge in [0.2, 0.25) is 0 Å². The number of hydrogen-bond acceptors (Lipinski definition) is 5. The highest BCUT2D eigenvalue weighted by Gasteiger charge is 2.29. The van der Waals surface area contributed by atoms with E-state index >= 15 is 0 Å². The largest absolute Gasteiger partial charge is 0.398 e. The second-order valence-electron chi connectivity index (χ2n) is 4.46. The molecule has 6 nitrogen and oxygen atoms in total. The van der Waals surface area contributed by atoms with Crippen LogP contribution >= 0.6 is 0 Å². The van der Waals surface area contributed by atoms with Gasteiger partial charge in [-0.3, -0.25) is 10.1 Å². The molecule has 0 heterocycles. The van der Waals surface area contributed by atoms with E-state index < -0.39 is 4.92 Å². The van der Waals surface area contributed by atoms with Gasteiger partial charge in [0.25, 0.3) is 5.69 Å². The van der Waals surface area contributed by atoms with E-state index in [0.29, 0.717) is 23.5 Å². The summed E-state index contributed by atoms with van der Waals surface area (Å²) in [6.07, 6.45) is 2.16. The maximum Gasteiger partial charge on any atom is 0.273 e. The number of nitro groups is 1. The number of ether oxygens (including phenoxy) is 1. The molecule has 0 unspecified atom stereocenters. The molecule has 0 bridgehead atoms. The number of nitrogens with one attached hydrogen (secondary N) is 1. The highest BCUT2D eigenvalue weighted by molar-refractivity contribution is 5.62. The van der Waals surface area contributed by atoms with Crippen molar-refractivity contribution in [3.8, 4) is 0 Å². The first kappa shape index (κ1) is 12.6. The molecule has 0 saturated heterocycles. The Morgan fingerprint density at radius 3 is 2.83 bits per heavy atom. The van der Waals surface area contributed by atoms with Crippen LogP contribution < -0.4 is 11.1 Å². The van der Waals surface area contributed by atoms with Crippen molar-refractivity contribution in [3.05, 3.63) is 28.3 Å². The van der Waals surface area contributed by atoms with Gasteiger partial charge in [-0.05, 0) is 25.8 Å². The zero-order valence-corrected chi connectivity index (χ0v) is 10.3. The molecule has 1 aliphatic rings. The van der Waals surface area contributed by atoms with Crippen LogP contribution in [0.2, 0.25) is 0 Å². The maximum absolute atomic E-state index is 10.7. The third-order valence-corrected chi connectivity index (χ3v) is 3.02. The van der Waals surface area contributed by atoms with E-state index in [9.17, 15) is 10.1 Å². The van der Waals surface area contributed by atoms with E-state index in [0.717, 1.165) is 19.4 Å². The molecule has 0 spiro atoms. The third kappa shape index (κ3) is 2.89. The molecule has 1 fully saturated rings. The van der Waals surface area contributed by atoms with Gasteiger partial charge in [0.05, 0.1) is 11.0 Å². The van der Waals surface area contributed by atoms with Crippen LogP contribution in [0.4, 0.5) is 17.1 Å². The fourth-order valence-electron chi connectivity index (χ4n) is 2.11. The van der Waals surface area contributed by atoms with Crippen LogP contribution in [0, 0.1) is 10.1 Å². The van der Waals surface area contributed by atoms with Crippen molar-refractivity contribution < 1.29 is 9.66 Å². The van der Waals surface area contributed by atoms with Gasteiger partial charge in [0, 0.05) is 36.2 Å². The highest BCUT2D eigenvalue weighted by atomic mass is 16.6. The van der Waals surface area contributed by atoms with Crippen LogP contribution in [0.15, 0.2) is 18.2 Å². The zero-order valence-electron chi connectivity index (χ0n) is 10.3. The monoisotopic (exact) mass is 251 g/mol. The van der Waals surface area contributed by atoms with Gasteiger partial charge in [-0.2, -0.15) is 0 Å². The molecular formula is C12H17N3O3. The van der Waals surface area contributed by atoms with Crippen LogP contribution in [0.25, 0.3) is 0 Å². The van der Waals surface area contributed by atoms with Gasteiger partial charge in [-0.25, -0.2) is 0 Å². The first-order valence-corrected chi connectivity index (χ1v) is 6.01. The lowest BCUT2D eigenvalue weighted by molar-refractivity contribution is -0.384. The average Bonchev–Trinajstić information content (AvgIpc) is 2.25. The van der Waals surface area contributed by atoms with Crippen molar-refractivity contribution in [2.45, 2.75) is 31.9 Å². The summed E-state index contributed by atoms with van der Waals surface area (Å²) in [6.45, 7) is 2.70. The molecule has 98 valence electrons. The van der Waals surface area contributed by atoms with Gasteiger partial charge in [0.15, 0.2) is 0 Å². The number of anilines is 2. The van der Waals surface area contributed by atoms with E-state index in [1.807, 2.05) is 6.92 Å². The predicted molar refractivity (Wildman–Crippen MR) is 69.6 cm³/mol. The number of benzene rings is 1. The van der Waals surface area contributed by atoms with Crippen LogP contribution in [0.1, 0.15) is 19.8 Å². The molecule has 18 heavy (non-hydrogen) atoms. The first-order valence-electron chi connectivity index (χ1n) is 6.01. The van der Waals surface area contributed by atoms with E-state index in [-0.39, 0.29) is 5.69 Å². The SMILES string of the molecule is CCOC1CC(Nc2cc(N)cc([N+](=O)[O-])c2)C1. The summed E-state index contributed by atoms with van der Waals surface area (Å²) in [7, 11) is 0. The Balaban J connectivity index is 1.96. The van der Waals surface area contributed by atoms with E-state index in [4.69, 9.17) is 10.5 Å². The van der Waals surface area contributed by atoms with E-state index in [1.54, 1.807) is 6.07 Å². The number of rotatable bonds is 5. The molecule has 1 aromatic carbocycles. The van der Waals surface area contributed by atoms with Crippen LogP contribution in [0.3, 0.4) is 0 Å². The number of nitro benzene ring substituents is 1. The number of nitrogens with two attached hydrogens (primary N) is 1. The van der Waals surface area contributed by atoms with E-state index in [1.165, 1.54) is 12.1 Å². The summed E-state index contributed by atoms with van der Waals surface area (Å²) >= 11 is 0. The summed E-state index contributed by atoms with van der Waals surface area (Å²) in [6, 6.07) is 4.88. The smallest absolute Gasteiger partial charge is 0.273 e. The molecule has 0 aliphatic heterocycles. The fraction of sp³-hybridized carbons (Fsp3) is 0.500. The summed E-state index contributed by atoms with van der Waals surface area (Å²) in [4.78, 5) is 10.3. The summed E-state index contributed by atoms with van der Waals surface area (Å²) in [5, 5.41) is 14.0. The van der Waals surface area contributed by atoms with Crippen LogP contribution in [-0.4, -0.2) is 23.7 Å². The average molecular weight is 251 g/mol. The molecule has 6 heteroatoms. The lowest BCUT2D eigenvalue weighted by atomic mass is 9.89. The molecule has 0 atom stereocenters. The standard InChI is InChI=1S/C12H17N3O3/c1-2-18-12-6-10(7-12)14-9-3-8(13)4-11(5-9)15(16)17/h3-5,10,12,14H,2,6-7,13H2,1H3. The van der Waals surface area contributed by atoms with Gasteiger partial charge in [0.1, 0.15) is 0 Å². The highest BCUT2D eigenvalue weighted by Crippen LogP contribution is 2.29. The minimum absolute atomic E-state index is 0.0122. The van der Waals surface area contributed by atoms with Gasteiger partial charge in [-0.1, -0.05) is 0 Å². The lowest BCUT2D eigenvalue weighted by Crippen LogP contribution is -2.40. The normalized spacial score (nSPS) is 22.3. The Hall–Kier alpha value is -1.82. The van der Waals surface area contributed by atoms with Crippen LogP contribution in [-0.2, 0) is 4.74 Å². The second-order valence-corrected chi connectivity index (χ2v) is 4.46. The summed E-state index contributed by atoms with van der Waals surface area (Å²) in [5.74, 6) is 0. The molecule has 0 radical (unpaired) electrons. The maximum atomic E-state index is 10.7.